The number of halogens is 2. The van der Waals surface area contributed by atoms with Crippen LogP contribution in [0.4, 0.5) is 0 Å². The highest BCUT2D eigenvalue weighted by molar-refractivity contribution is 6.31. The predicted molar refractivity (Wildman–Crippen MR) is 103 cm³/mol. The van der Waals surface area contributed by atoms with Crippen LogP contribution in [0.5, 0.6) is 0 Å². The quantitative estimate of drug-likeness (QED) is 0.471. The van der Waals surface area contributed by atoms with Crippen LogP contribution >= 0.6 is 24.0 Å². The number of hydrogen-bond acceptors (Lipinski definition) is 3. The summed E-state index contributed by atoms with van der Waals surface area (Å²) in [6, 6.07) is 16.2. The second kappa shape index (κ2) is 8.15. The van der Waals surface area contributed by atoms with Gasteiger partial charge in [-0.1, -0.05) is 48.9 Å². The number of benzene rings is 3. The average molecular weight is 366 g/mol. The van der Waals surface area contributed by atoms with Crippen molar-refractivity contribution < 1.29 is 10.2 Å². The zero-order valence-corrected chi connectivity index (χ0v) is 14.9. The molecule has 0 aliphatic heterocycles. The maximum Gasteiger partial charge on any atom is 0.109 e. The lowest BCUT2D eigenvalue weighted by molar-refractivity contribution is 0.0496. The fourth-order valence-electron chi connectivity index (χ4n) is 2.82. The fourth-order valence-corrected chi connectivity index (χ4v) is 3.00. The number of fused-ring (bicyclic) bond motifs is 2. The SMILES string of the molecule is CC(CO)C(O)NCc1c2ccccc2cc2ccc(Cl)cc12.Cl. The topological polar surface area (TPSA) is 52.5 Å². The molecule has 5 heteroatoms. The fraction of sp³-hybridized carbons (Fsp3) is 0.263. The Morgan fingerprint density at radius 2 is 1.75 bits per heavy atom. The number of rotatable bonds is 5. The number of aliphatic hydroxyl groups excluding tert-OH is 2. The Kier molecular flexibility index (Phi) is 6.44. The van der Waals surface area contributed by atoms with Gasteiger partial charge in [-0.3, -0.25) is 5.32 Å². The molecule has 0 saturated heterocycles. The van der Waals surface area contributed by atoms with Crippen LogP contribution in [0.2, 0.25) is 5.02 Å². The highest BCUT2D eigenvalue weighted by Crippen LogP contribution is 2.30. The van der Waals surface area contributed by atoms with Crippen molar-refractivity contribution in [1.29, 1.82) is 0 Å². The van der Waals surface area contributed by atoms with Crippen LogP contribution in [0.25, 0.3) is 21.5 Å². The van der Waals surface area contributed by atoms with Gasteiger partial charge in [0.15, 0.2) is 0 Å². The van der Waals surface area contributed by atoms with Crippen molar-refractivity contribution >= 4 is 45.6 Å². The molecule has 0 spiro atoms. The van der Waals surface area contributed by atoms with Crippen molar-refractivity contribution in [3.05, 3.63) is 59.1 Å². The number of hydrogen-bond donors (Lipinski definition) is 3. The summed E-state index contributed by atoms with van der Waals surface area (Å²) in [5, 5.41) is 27.5. The molecular weight excluding hydrogens is 345 g/mol. The Labute approximate surface area is 152 Å². The maximum absolute atomic E-state index is 10.1. The lowest BCUT2D eigenvalue weighted by Crippen LogP contribution is -2.35. The van der Waals surface area contributed by atoms with E-state index in [4.69, 9.17) is 16.7 Å². The molecule has 0 radical (unpaired) electrons. The Morgan fingerprint density at radius 1 is 1.04 bits per heavy atom. The molecule has 3 nitrogen and oxygen atoms in total. The van der Waals surface area contributed by atoms with Crippen molar-refractivity contribution in [2.75, 3.05) is 6.61 Å². The normalized spacial score (nSPS) is 13.7. The first-order valence-electron chi connectivity index (χ1n) is 7.72. The van der Waals surface area contributed by atoms with Crippen LogP contribution in [0.1, 0.15) is 12.5 Å². The van der Waals surface area contributed by atoms with Gasteiger partial charge in [-0.2, -0.15) is 0 Å². The van der Waals surface area contributed by atoms with Crippen LogP contribution in [0, 0.1) is 5.92 Å². The number of nitrogens with one attached hydrogen (secondary N) is 1. The van der Waals surface area contributed by atoms with E-state index in [1.807, 2.05) is 30.3 Å². The van der Waals surface area contributed by atoms with Gasteiger partial charge in [0.1, 0.15) is 6.23 Å². The van der Waals surface area contributed by atoms with Gasteiger partial charge < -0.3 is 10.2 Å². The molecule has 3 rings (SSSR count). The molecule has 0 aliphatic rings. The van der Waals surface area contributed by atoms with Crippen molar-refractivity contribution in [2.24, 2.45) is 5.92 Å². The van der Waals surface area contributed by atoms with Gasteiger partial charge in [-0.05, 0) is 45.3 Å². The molecule has 2 atom stereocenters. The van der Waals surface area contributed by atoms with E-state index in [1.54, 1.807) is 6.92 Å². The Hall–Kier alpha value is -1.36. The van der Waals surface area contributed by atoms with E-state index in [2.05, 4.69) is 23.5 Å². The van der Waals surface area contributed by atoms with E-state index in [9.17, 15) is 5.11 Å². The maximum atomic E-state index is 10.1. The van der Waals surface area contributed by atoms with Crippen molar-refractivity contribution in [3.63, 3.8) is 0 Å². The van der Waals surface area contributed by atoms with Gasteiger partial charge >= 0.3 is 0 Å². The average Bonchev–Trinajstić information content (AvgIpc) is 2.57. The first-order chi connectivity index (χ1) is 11.1. The molecule has 0 heterocycles. The lowest BCUT2D eigenvalue weighted by Gasteiger charge is -2.20. The largest absolute Gasteiger partial charge is 0.396 e. The Balaban J connectivity index is 0.00000208. The van der Waals surface area contributed by atoms with Gasteiger partial charge in [0, 0.05) is 24.1 Å². The van der Waals surface area contributed by atoms with Crippen LogP contribution in [0.15, 0.2) is 48.5 Å². The first kappa shape index (κ1) is 19.0. The smallest absolute Gasteiger partial charge is 0.109 e. The summed E-state index contributed by atoms with van der Waals surface area (Å²) in [6.07, 6.45) is -0.756. The third kappa shape index (κ3) is 3.82. The van der Waals surface area contributed by atoms with Gasteiger partial charge in [0.05, 0.1) is 0 Å². The first-order valence-corrected chi connectivity index (χ1v) is 8.10. The van der Waals surface area contributed by atoms with E-state index in [0.29, 0.717) is 11.6 Å². The molecule has 0 aromatic heterocycles. The minimum Gasteiger partial charge on any atom is -0.396 e. The summed E-state index contributed by atoms with van der Waals surface area (Å²) in [4.78, 5) is 0. The summed E-state index contributed by atoms with van der Waals surface area (Å²) < 4.78 is 0. The Bertz CT molecular complexity index is 838. The van der Waals surface area contributed by atoms with E-state index in [1.165, 1.54) is 0 Å². The Morgan fingerprint density at radius 3 is 2.50 bits per heavy atom. The molecule has 24 heavy (non-hydrogen) atoms. The summed E-state index contributed by atoms with van der Waals surface area (Å²) in [5.74, 6) is -0.222. The highest BCUT2D eigenvalue weighted by atomic mass is 35.5. The lowest BCUT2D eigenvalue weighted by atomic mass is 9.96. The standard InChI is InChI=1S/C19H20ClNO2.ClH/c1-12(11-22)19(23)21-10-18-16-5-3-2-4-13(16)8-14-6-7-15(20)9-17(14)18;/h2-9,12,19,21-23H,10-11H2,1H3;1H. The molecule has 2 unspecified atom stereocenters. The molecule has 3 N–H and O–H groups in total. The zero-order valence-electron chi connectivity index (χ0n) is 13.4. The molecular formula is C19H21Cl2NO2. The van der Waals surface area contributed by atoms with Gasteiger partial charge in [0.2, 0.25) is 0 Å². The molecule has 0 fully saturated rings. The second-order valence-corrected chi connectivity index (χ2v) is 6.36. The molecule has 0 amide bonds. The van der Waals surface area contributed by atoms with Crippen molar-refractivity contribution in [1.82, 2.24) is 5.32 Å². The summed E-state index contributed by atoms with van der Waals surface area (Å²) in [5.41, 5.74) is 1.10. The molecule has 128 valence electrons. The van der Waals surface area contributed by atoms with Crippen LogP contribution < -0.4 is 5.32 Å². The summed E-state index contributed by atoms with van der Waals surface area (Å²) in [7, 11) is 0. The van der Waals surface area contributed by atoms with Crippen LogP contribution in [0.3, 0.4) is 0 Å². The minimum absolute atomic E-state index is 0. The van der Waals surface area contributed by atoms with Gasteiger partial charge in [0.25, 0.3) is 0 Å². The third-order valence-corrected chi connectivity index (χ3v) is 4.49. The summed E-state index contributed by atoms with van der Waals surface area (Å²) in [6.45, 7) is 2.25. The van der Waals surface area contributed by atoms with Crippen molar-refractivity contribution in [2.45, 2.75) is 19.7 Å². The predicted octanol–water partition coefficient (Wildman–Crippen LogP) is 4.10. The van der Waals surface area contributed by atoms with E-state index in [0.717, 1.165) is 27.1 Å². The molecule has 0 bridgehead atoms. The van der Waals surface area contributed by atoms with E-state index < -0.39 is 6.23 Å². The van der Waals surface area contributed by atoms with E-state index in [-0.39, 0.29) is 24.9 Å². The van der Waals surface area contributed by atoms with Gasteiger partial charge in [-0.15, -0.1) is 12.4 Å². The molecule has 3 aromatic rings. The molecule has 0 aliphatic carbocycles. The van der Waals surface area contributed by atoms with Crippen LogP contribution in [-0.2, 0) is 6.54 Å². The zero-order chi connectivity index (χ0) is 16.4. The van der Waals surface area contributed by atoms with E-state index >= 15 is 0 Å². The number of aliphatic hydroxyl groups is 2. The third-order valence-electron chi connectivity index (χ3n) is 4.25. The molecule has 3 aromatic carbocycles. The monoisotopic (exact) mass is 365 g/mol. The second-order valence-electron chi connectivity index (χ2n) is 5.93. The molecule has 0 saturated carbocycles. The minimum atomic E-state index is -0.756. The van der Waals surface area contributed by atoms with Crippen LogP contribution in [-0.4, -0.2) is 23.0 Å². The van der Waals surface area contributed by atoms with Crippen molar-refractivity contribution in [3.8, 4) is 0 Å². The highest BCUT2D eigenvalue weighted by Gasteiger charge is 2.14. The van der Waals surface area contributed by atoms with Gasteiger partial charge in [-0.25, -0.2) is 0 Å². The summed E-state index contributed by atoms with van der Waals surface area (Å²) >= 11 is 6.17.